The monoisotopic (exact) mass is 290 g/mol. The van der Waals surface area contributed by atoms with E-state index in [0.717, 1.165) is 41.2 Å². The minimum Gasteiger partial charge on any atom is -0.490 e. The summed E-state index contributed by atoms with van der Waals surface area (Å²) in [5.41, 5.74) is 8.47. The number of amidine groups is 1. The number of oxime groups is 1. The molecule has 21 heavy (non-hydrogen) atoms. The molecule has 0 radical (unpaired) electrons. The van der Waals surface area contributed by atoms with Gasteiger partial charge in [-0.15, -0.1) is 0 Å². The van der Waals surface area contributed by atoms with Gasteiger partial charge in [0.05, 0.1) is 6.10 Å². The second-order valence-corrected chi connectivity index (χ2v) is 6.11. The van der Waals surface area contributed by atoms with Gasteiger partial charge < -0.3 is 15.7 Å². The van der Waals surface area contributed by atoms with Crippen LogP contribution in [0.1, 0.15) is 55.7 Å². The van der Waals surface area contributed by atoms with E-state index in [4.69, 9.17) is 15.7 Å². The van der Waals surface area contributed by atoms with Gasteiger partial charge in [-0.2, -0.15) is 0 Å². The number of aryl methyl sites for hydroxylation is 2. The van der Waals surface area contributed by atoms with E-state index >= 15 is 0 Å². The Morgan fingerprint density at radius 2 is 2.00 bits per heavy atom. The second-order valence-electron chi connectivity index (χ2n) is 6.11. The van der Waals surface area contributed by atoms with E-state index in [1.54, 1.807) is 0 Å². The molecule has 2 rings (SSSR count). The van der Waals surface area contributed by atoms with Crippen LogP contribution in [-0.2, 0) is 0 Å². The van der Waals surface area contributed by atoms with Crippen LogP contribution in [0.3, 0.4) is 0 Å². The second kappa shape index (κ2) is 6.83. The van der Waals surface area contributed by atoms with Gasteiger partial charge in [-0.05, 0) is 62.3 Å². The lowest BCUT2D eigenvalue weighted by atomic mass is 9.85. The summed E-state index contributed by atoms with van der Waals surface area (Å²) in [4.78, 5) is 0. The first-order valence-electron chi connectivity index (χ1n) is 7.81. The molecule has 2 atom stereocenters. The summed E-state index contributed by atoms with van der Waals surface area (Å²) in [6.07, 6.45) is 6.42. The van der Waals surface area contributed by atoms with E-state index in [1.165, 1.54) is 19.3 Å². The normalized spacial score (nSPS) is 23.1. The zero-order valence-electron chi connectivity index (χ0n) is 13.2. The molecular weight excluding hydrogens is 264 g/mol. The molecule has 0 saturated heterocycles. The Kier molecular flexibility index (Phi) is 5.10. The van der Waals surface area contributed by atoms with E-state index in [9.17, 15) is 0 Å². The molecule has 1 aromatic carbocycles. The standard InChI is InChI=1S/C17H26N2O2/c1-4-13-6-5-7-15(10-13)21-16-11(2)8-14(9-12(16)3)17(18)19-20/h8-9,13,15,20H,4-7,10H2,1-3H3,(H2,18,19). The summed E-state index contributed by atoms with van der Waals surface area (Å²) < 4.78 is 6.27. The summed E-state index contributed by atoms with van der Waals surface area (Å²) in [6.45, 7) is 6.28. The molecule has 0 aliphatic heterocycles. The maximum absolute atomic E-state index is 8.79. The fourth-order valence-electron chi connectivity index (χ4n) is 3.23. The molecule has 1 fully saturated rings. The van der Waals surface area contributed by atoms with Gasteiger partial charge in [0.25, 0.3) is 0 Å². The van der Waals surface area contributed by atoms with Crippen LogP contribution >= 0.6 is 0 Å². The first kappa shape index (κ1) is 15.7. The van der Waals surface area contributed by atoms with Crippen LogP contribution in [0.25, 0.3) is 0 Å². The molecule has 2 unspecified atom stereocenters. The molecule has 1 saturated carbocycles. The molecule has 1 aromatic rings. The van der Waals surface area contributed by atoms with Crippen molar-refractivity contribution >= 4 is 5.84 Å². The highest BCUT2D eigenvalue weighted by atomic mass is 16.5. The van der Waals surface area contributed by atoms with Gasteiger partial charge in [-0.25, -0.2) is 0 Å². The molecule has 3 N–H and O–H groups in total. The van der Waals surface area contributed by atoms with E-state index in [1.807, 2.05) is 26.0 Å². The predicted octanol–water partition coefficient (Wildman–Crippen LogP) is 3.75. The minimum absolute atomic E-state index is 0.136. The minimum atomic E-state index is 0.136. The number of hydrogen-bond donors (Lipinski definition) is 2. The van der Waals surface area contributed by atoms with E-state index < -0.39 is 0 Å². The van der Waals surface area contributed by atoms with Crippen LogP contribution < -0.4 is 10.5 Å². The van der Waals surface area contributed by atoms with E-state index in [2.05, 4.69) is 12.1 Å². The molecule has 1 aliphatic rings. The Balaban J connectivity index is 2.17. The Bertz CT molecular complexity index is 503. The van der Waals surface area contributed by atoms with Gasteiger partial charge in [0.2, 0.25) is 0 Å². The molecule has 0 bridgehead atoms. The van der Waals surface area contributed by atoms with Crippen molar-refractivity contribution in [3.63, 3.8) is 0 Å². The summed E-state index contributed by atoms with van der Waals surface area (Å²) >= 11 is 0. The summed E-state index contributed by atoms with van der Waals surface area (Å²) in [6, 6.07) is 3.83. The number of benzene rings is 1. The van der Waals surface area contributed by atoms with Crippen molar-refractivity contribution in [2.45, 2.75) is 59.0 Å². The van der Waals surface area contributed by atoms with Crippen LogP contribution in [0.15, 0.2) is 17.3 Å². The summed E-state index contributed by atoms with van der Waals surface area (Å²) in [7, 11) is 0. The fraction of sp³-hybridized carbons (Fsp3) is 0.588. The fourth-order valence-corrected chi connectivity index (χ4v) is 3.23. The molecule has 116 valence electrons. The van der Waals surface area contributed by atoms with Crippen LogP contribution in [0.4, 0.5) is 0 Å². The largest absolute Gasteiger partial charge is 0.490 e. The highest BCUT2D eigenvalue weighted by Crippen LogP contribution is 2.32. The van der Waals surface area contributed by atoms with Gasteiger partial charge in [-0.3, -0.25) is 0 Å². The van der Waals surface area contributed by atoms with Crippen molar-refractivity contribution in [3.05, 3.63) is 28.8 Å². The van der Waals surface area contributed by atoms with Crippen molar-refractivity contribution in [3.8, 4) is 5.75 Å². The molecular formula is C17H26N2O2. The summed E-state index contributed by atoms with van der Waals surface area (Å²) in [5, 5.41) is 11.8. The lowest BCUT2D eigenvalue weighted by Crippen LogP contribution is -2.25. The molecule has 0 amide bonds. The number of nitrogens with zero attached hydrogens (tertiary/aromatic N) is 1. The van der Waals surface area contributed by atoms with Crippen molar-refractivity contribution in [1.82, 2.24) is 0 Å². The third-order valence-electron chi connectivity index (χ3n) is 4.46. The van der Waals surface area contributed by atoms with Crippen molar-refractivity contribution in [2.75, 3.05) is 0 Å². The Morgan fingerprint density at radius 3 is 2.57 bits per heavy atom. The third kappa shape index (κ3) is 3.69. The first-order chi connectivity index (χ1) is 10.0. The highest BCUT2D eigenvalue weighted by molar-refractivity contribution is 5.97. The molecule has 0 heterocycles. The molecule has 0 spiro atoms. The number of hydrogen-bond acceptors (Lipinski definition) is 3. The Morgan fingerprint density at radius 1 is 1.33 bits per heavy atom. The lowest BCUT2D eigenvalue weighted by molar-refractivity contribution is 0.120. The number of rotatable bonds is 4. The average Bonchev–Trinajstić information content (AvgIpc) is 2.50. The molecule has 1 aliphatic carbocycles. The quantitative estimate of drug-likeness (QED) is 0.384. The van der Waals surface area contributed by atoms with Crippen LogP contribution in [0, 0.1) is 19.8 Å². The Hall–Kier alpha value is -1.71. The van der Waals surface area contributed by atoms with E-state index in [-0.39, 0.29) is 5.84 Å². The first-order valence-corrected chi connectivity index (χ1v) is 7.81. The lowest BCUT2D eigenvalue weighted by Gasteiger charge is -2.30. The van der Waals surface area contributed by atoms with Gasteiger partial charge in [-0.1, -0.05) is 24.9 Å². The van der Waals surface area contributed by atoms with Crippen molar-refractivity contribution < 1.29 is 9.94 Å². The van der Waals surface area contributed by atoms with Gasteiger partial charge in [0, 0.05) is 5.56 Å². The van der Waals surface area contributed by atoms with Crippen LogP contribution in [0.2, 0.25) is 0 Å². The zero-order valence-corrected chi connectivity index (χ0v) is 13.2. The molecule has 4 heteroatoms. The Labute approximate surface area is 127 Å². The van der Waals surface area contributed by atoms with Crippen LogP contribution in [0.5, 0.6) is 5.75 Å². The van der Waals surface area contributed by atoms with Gasteiger partial charge in [0.15, 0.2) is 5.84 Å². The SMILES string of the molecule is CCC1CCCC(Oc2c(C)cc(C(N)=NO)cc2C)C1. The van der Waals surface area contributed by atoms with Gasteiger partial charge in [0.1, 0.15) is 5.75 Å². The maximum atomic E-state index is 8.79. The topological polar surface area (TPSA) is 67.8 Å². The number of ether oxygens (including phenoxy) is 1. The zero-order chi connectivity index (χ0) is 15.4. The highest BCUT2D eigenvalue weighted by Gasteiger charge is 2.23. The smallest absolute Gasteiger partial charge is 0.170 e. The van der Waals surface area contributed by atoms with Crippen molar-refractivity contribution in [2.24, 2.45) is 16.8 Å². The average molecular weight is 290 g/mol. The van der Waals surface area contributed by atoms with Crippen LogP contribution in [-0.4, -0.2) is 17.1 Å². The third-order valence-corrected chi connectivity index (χ3v) is 4.46. The maximum Gasteiger partial charge on any atom is 0.170 e. The number of nitrogens with two attached hydrogens (primary N) is 1. The molecule has 0 aromatic heterocycles. The summed E-state index contributed by atoms with van der Waals surface area (Å²) in [5.74, 6) is 1.88. The van der Waals surface area contributed by atoms with E-state index in [0.29, 0.717) is 6.10 Å². The van der Waals surface area contributed by atoms with Gasteiger partial charge >= 0.3 is 0 Å². The predicted molar refractivity (Wildman–Crippen MR) is 85.1 cm³/mol. The van der Waals surface area contributed by atoms with Crippen molar-refractivity contribution in [1.29, 1.82) is 0 Å². The molecule has 4 nitrogen and oxygen atoms in total.